The lowest BCUT2D eigenvalue weighted by atomic mass is 10.0. The van der Waals surface area contributed by atoms with E-state index in [1.807, 2.05) is 25.1 Å². The number of nitrogens with zero attached hydrogens (tertiary/aromatic N) is 4. The van der Waals surface area contributed by atoms with Gasteiger partial charge in [-0.1, -0.05) is 18.2 Å². The van der Waals surface area contributed by atoms with Crippen LogP contribution in [0.1, 0.15) is 5.56 Å². The average molecular weight is 435 g/mol. The fraction of sp³-hybridized carbons (Fsp3) is 0.174. The number of anilines is 1. The largest absolute Gasteiger partial charge is 0.389 e. The molecule has 0 unspecified atom stereocenters. The maximum absolute atomic E-state index is 14.7. The van der Waals surface area contributed by atoms with Gasteiger partial charge in [-0.25, -0.2) is 13.5 Å². The second-order valence-corrected chi connectivity index (χ2v) is 7.67. The highest BCUT2D eigenvalue weighted by atomic mass is 19.1. The molecule has 0 bridgehead atoms. The van der Waals surface area contributed by atoms with Crippen molar-refractivity contribution in [3.05, 3.63) is 82.1 Å². The summed E-state index contributed by atoms with van der Waals surface area (Å²) in [6.07, 6.45) is -0.671. The first kappa shape index (κ1) is 20.1. The maximum atomic E-state index is 14.7. The molecule has 0 fully saturated rings. The van der Waals surface area contributed by atoms with Crippen LogP contribution in [0.15, 0.2) is 59.4 Å². The minimum Gasteiger partial charge on any atom is -0.389 e. The lowest BCUT2D eigenvalue weighted by molar-refractivity contribution is 0.155. The predicted octanol–water partition coefficient (Wildman–Crippen LogP) is 3.14. The number of β-amino-alcohol motifs (C(OH)–C–C–N with tert-alkyl or cyclic N) is 1. The molecule has 0 saturated heterocycles. The van der Waals surface area contributed by atoms with Crippen molar-refractivity contribution in [2.75, 3.05) is 11.9 Å². The summed E-state index contributed by atoms with van der Waals surface area (Å²) in [5, 5.41) is 22.2. The lowest BCUT2D eigenvalue weighted by Gasteiger charge is -2.21. The molecular formula is C23H19F2N5O2. The van der Waals surface area contributed by atoms with Gasteiger partial charge in [-0.2, -0.15) is 14.9 Å². The molecule has 4 aromatic rings. The molecule has 1 aliphatic rings. The van der Waals surface area contributed by atoms with E-state index in [2.05, 4.69) is 15.5 Å². The number of aliphatic hydroxyl groups is 1. The van der Waals surface area contributed by atoms with Gasteiger partial charge in [-0.05, 0) is 36.8 Å². The van der Waals surface area contributed by atoms with Crippen LogP contribution in [0.5, 0.6) is 0 Å². The van der Waals surface area contributed by atoms with E-state index in [0.717, 1.165) is 17.7 Å². The van der Waals surface area contributed by atoms with E-state index >= 15 is 0 Å². The predicted molar refractivity (Wildman–Crippen MR) is 116 cm³/mol. The van der Waals surface area contributed by atoms with Crippen LogP contribution in [0.25, 0.3) is 28.2 Å². The molecule has 2 N–H and O–H groups in total. The number of hydrogen-bond donors (Lipinski definition) is 2. The Hall–Kier alpha value is -3.85. The Labute approximate surface area is 181 Å². The number of halogens is 2. The summed E-state index contributed by atoms with van der Waals surface area (Å²) in [4.78, 5) is 12.6. The van der Waals surface area contributed by atoms with Gasteiger partial charge < -0.3 is 10.4 Å². The van der Waals surface area contributed by atoms with Gasteiger partial charge in [0, 0.05) is 24.2 Å². The van der Waals surface area contributed by atoms with E-state index in [1.54, 1.807) is 12.1 Å². The molecule has 2 aromatic carbocycles. The van der Waals surface area contributed by atoms with E-state index < -0.39 is 17.7 Å². The first-order chi connectivity index (χ1) is 15.4. The number of rotatable bonds is 3. The summed E-state index contributed by atoms with van der Waals surface area (Å²) in [5.41, 5.74) is 2.35. The highest BCUT2D eigenvalue weighted by Gasteiger charge is 2.28. The summed E-state index contributed by atoms with van der Waals surface area (Å²) in [7, 11) is 0. The van der Waals surface area contributed by atoms with Gasteiger partial charge in [0.2, 0.25) is 0 Å². The summed E-state index contributed by atoms with van der Waals surface area (Å²) in [6, 6.07) is 13.5. The highest BCUT2D eigenvalue weighted by Crippen LogP contribution is 2.39. The molecule has 0 spiro atoms. The Morgan fingerprint density at radius 3 is 2.69 bits per heavy atom. The number of aliphatic hydroxyl groups excluding tert-OH is 1. The van der Waals surface area contributed by atoms with Gasteiger partial charge >= 0.3 is 0 Å². The Morgan fingerprint density at radius 1 is 1.09 bits per heavy atom. The zero-order valence-corrected chi connectivity index (χ0v) is 17.1. The molecule has 7 nitrogen and oxygen atoms in total. The third-order valence-electron chi connectivity index (χ3n) is 5.43. The molecule has 9 heteroatoms. The summed E-state index contributed by atoms with van der Waals surface area (Å²) < 4.78 is 31.0. The van der Waals surface area contributed by atoms with Crippen LogP contribution < -0.4 is 10.9 Å². The molecule has 1 atom stereocenters. The third kappa shape index (κ3) is 3.36. The number of aromatic nitrogens is 4. The van der Waals surface area contributed by atoms with E-state index in [-0.39, 0.29) is 29.9 Å². The molecule has 162 valence electrons. The Kier molecular flexibility index (Phi) is 4.82. The van der Waals surface area contributed by atoms with Gasteiger partial charge in [-0.3, -0.25) is 4.79 Å². The maximum Gasteiger partial charge on any atom is 0.271 e. The molecule has 0 aliphatic carbocycles. The minimum atomic E-state index is -0.769. The molecule has 2 aromatic heterocycles. The van der Waals surface area contributed by atoms with Crippen LogP contribution >= 0.6 is 0 Å². The second kappa shape index (κ2) is 7.69. The minimum absolute atomic E-state index is 0.0926. The standard InChI is InChI=1S/C23H19F2N5O2/c1-13-4-2-3-5-19(13)30-20(32)9-8-18(27-30)21-22(16-7-6-14(24)10-17(16)25)28-29-12-15(31)11-26-23(21)29/h2-10,15,26,31H,11-12H2,1H3/t15-/m0/s1. The number of benzene rings is 2. The van der Waals surface area contributed by atoms with Crippen molar-refractivity contribution in [1.29, 1.82) is 0 Å². The highest BCUT2D eigenvalue weighted by molar-refractivity contribution is 5.87. The first-order valence-corrected chi connectivity index (χ1v) is 10.1. The molecular weight excluding hydrogens is 416 g/mol. The van der Waals surface area contributed by atoms with Crippen molar-refractivity contribution in [2.45, 2.75) is 19.6 Å². The average Bonchev–Trinajstić information content (AvgIpc) is 3.13. The Morgan fingerprint density at radius 2 is 1.91 bits per heavy atom. The Bertz CT molecular complexity index is 1400. The van der Waals surface area contributed by atoms with Gasteiger partial charge in [-0.15, -0.1) is 0 Å². The van der Waals surface area contributed by atoms with Crippen molar-refractivity contribution in [3.63, 3.8) is 0 Å². The summed E-state index contributed by atoms with van der Waals surface area (Å²) in [6.45, 7) is 2.36. The van der Waals surface area contributed by atoms with Crippen LogP contribution in [-0.2, 0) is 6.54 Å². The summed E-state index contributed by atoms with van der Waals surface area (Å²) >= 11 is 0. The molecule has 1 aliphatic heterocycles. The second-order valence-electron chi connectivity index (χ2n) is 7.67. The van der Waals surface area contributed by atoms with Gasteiger partial charge in [0.1, 0.15) is 23.1 Å². The Balaban J connectivity index is 1.76. The van der Waals surface area contributed by atoms with Crippen molar-refractivity contribution >= 4 is 5.82 Å². The van der Waals surface area contributed by atoms with Gasteiger partial charge in [0.15, 0.2) is 0 Å². The smallest absolute Gasteiger partial charge is 0.271 e. The van der Waals surface area contributed by atoms with Gasteiger partial charge in [0.25, 0.3) is 5.56 Å². The van der Waals surface area contributed by atoms with E-state index in [1.165, 1.54) is 21.5 Å². The molecule has 3 heterocycles. The van der Waals surface area contributed by atoms with Gasteiger partial charge in [0.05, 0.1) is 29.6 Å². The number of aryl methyl sites for hydroxylation is 1. The van der Waals surface area contributed by atoms with E-state index in [0.29, 0.717) is 22.8 Å². The van der Waals surface area contributed by atoms with Crippen LogP contribution in [-0.4, -0.2) is 37.3 Å². The van der Waals surface area contributed by atoms with Crippen molar-refractivity contribution in [2.24, 2.45) is 0 Å². The molecule has 32 heavy (non-hydrogen) atoms. The first-order valence-electron chi connectivity index (χ1n) is 10.1. The van der Waals surface area contributed by atoms with Crippen LogP contribution in [0.4, 0.5) is 14.6 Å². The quantitative estimate of drug-likeness (QED) is 0.517. The zero-order chi connectivity index (χ0) is 22.4. The number of nitrogens with one attached hydrogen (secondary N) is 1. The lowest BCUT2D eigenvalue weighted by Crippen LogP contribution is -2.32. The molecule has 0 amide bonds. The summed E-state index contributed by atoms with van der Waals surface area (Å²) in [5.74, 6) is -0.928. The normalized spacial score (nSPS) is 15.3. The monoisotopic (exact) mass is 435 g/mol. The van der Waals surface area contributed by atoms with Crippen LogP contribution in [0.2, 0.25) is 0 Å². The van der Waals surface area contributed by atoms with Crippen molar-refractivity contribution in [3.8, 4) is 28.2 Å². The van der Waals surface area contributed by atoms with Crippen molar-refractivity contribution in [1.82, 2.24) is 19.6 Å². The van der Waals surface area contributed by atoms with E-state index in [9.17, 15) is 18.7 Å². The molecule has 0 saturated carbocycles. The number of fused-ring (bicyclic) bond motifs is 1. The van der Waals surface area contributed by atoms with Crippen LogP contribution in [0, 0.1) is 18.6 Å². The van der Waals surface area contributed by atoms with Crippen LogP contribution in [0.3, 0.4) is 0 Å². The molecule has 5 rings (SSSR count). The zero-order valence-electron chi connectivity index (χ0n) is 17.1. The fourth-order valence-corrected chi connectivity index (χ4v) is 3.88. The van der Waals surface area contributed by atoms with Crippen molar-refractivity contribution < 1.29 is 13.9 Å². The SMILES string of the molecule is Cc1ccccc1-n1nc(-c2c(-c3ccc(F)cc3F)nn3c2NC[C@H](O)C3)ccc1=O. The number of hydrogen-bond acceptors (Lipinski definition) is 5. The number of para-hydroxylation sites is 1. The third-order valence-corrected chi connectivity index (χ3v) is 5.43. The fourth-order valence-electron chi connectivity index (χ4n) is 3.88. The molecule has 0 radical (unpaired) electrons. The van der Waals surface area contributed by atoms with E-state index in [4.69, 9.17) is 0 Å². The topological polar surface area (TPSA) is 85.0 Å².